The third-order valence-corrected chi connectivity index (χ3v) is 4.18. The predicted octanol–water partition coefficient (Wildman–Crippen LogP) is 3.97. The smallest absolute Gasteiger partial charge is 0.157 e. The molecule has 1 unspecified atom stereocenters. The minimum Gasteiger partial charge on any atom is -0.367 e. The Balaban J connectivity index is 1.65. The third-order valence-electron chi connectivity index (χ3n) is 4.18. The molecule has 26 heavy (non-hydrogen) atoms. The van der Waals surface area contributed by atoms with E-state index in [0.717, 1.165) is 29.1 Å². The van der Waals surface area contributed by atoms with Crippen molar-refractivity contribution in [1.29, 1.82) is 0 Å². The molecule has 0 aliphatic carbocycles. The molecule has 4 aromatic rings. The van der Waals surface area contributed by atoms with Crippen molar-refractivity contribution in [2.45, 2.75) is 19.4 Å². The summed E-state index contributed by atoms with van der Waals surface area (Å²) in [4.78, 5) is 8.67. The first kappa shape index (κ1) is 16.2. The van der Waals surface area contributed by atoms with Gasteiger partial charge in [-0.3, -0.25) is 4.98 Å². The van der Waals surface area contributed by atoms with Crippen LogP contribution in [0.1, 0.15) is 12.5 Å². The second kappa shape index (κ2) is 6.92. The van der Waals surface area contributed by atoms with E-state index in [-0.39, 0.29) is 11.9 Å². The van der Waals surface area contributed by atoms with Crippen molar-refractivity contribution in [3.63, 3.8) is 0 Å². The first-order valence-corrected chi connectivity index (χ1v) is 8.45. The summed E-state index contributed by atoms with van der Waals surface area (Å²) in [7, 11) is 0. The number of benzene rings is 1. The van der Waals surface area contributed by atoms with Crippen LogP contribution in [0.4, 0.5) is 10.2 Å². The predicted molar refractivity (Wildman–Crippen MR) is 99.4 cm³/mol. The van der Waals surface area contributed by atoms with Crippen LogP contribution in [-0.2, 0) is 6.42 Å². The maximum absolute atomic E-state index is 13.2. The van der Waals surface area contributed by atoms with Crippen molar-refractivity contribution < 1.29 is 4.39 Å². The molecule has 0 spiro atoms. The number of pyridine rings is 1. The van der Waals surface area contributed by atoms with Gasteiger partial charge in [-0.05, 0) is 55.3 Å². The topological polar surface area (TPSA) is 55.1 Å². The number of hydrogen-bond acceptors (Lipinski definition) is 4. The van der Waals surface area contributed by atoms with Gasteiger partial charge in [0, 0.05) is 36.1 Å². The standard InChI is InChI=1S/C20H18FN5/c1-14(12-15-6-9-22-10-7-15)24-20-13-18(16-2-4-17(21)5-3-16)25-19-8-11-23-26(19)20/h2-11,13-14,24H,12H2,1H3. The number of rotatable bonds is 5. The summed E-state index contributed by atoms with van der Waals surface area (Å²) >= 11 is 0. The Labute approximate surface area is 150 Å². The molecule has 1 aromatic carbocycles. The lowest BCUT2D eigenvalue weighted by molar-refractivity contribution is 0.628. The van der Waals surface area contributed by atoms with Crippen LogP contribution in [0.3, 0.4) is 0 Å². The Morgan fingerprint density at radius 2 is 1.81 bits per heavy atom. The molecule has 0 aliphatic rings. The maximum atomic E-state index is 13.2. The quantitative estimate of drug-likeness (QED) is 0.593. The lowest BCUT2D eigenvalue weighted by atomic mass is 10.1. The summed E-state index contributed by atoms with van der Waals surface area (Å²) < 4.78 is 15.0. The van der Waals surface area contributed by atoms with Crippen LogP contribution in [-0.4, -0.2) is 25.6 Å². The van der Waals surface area contributed by atoms with E-state index in [4.69, 9.17) is 0 Å². The van der Waals surface area contributed by atoms with E-state index in [2.05, 4.69) is 27.3 Å². The molecule has 0 bridgehead atoms. The van der Waals surface area contributed by atoms with Gasteiger partial charge in [0.2, 0.25) is 0 Å². The van der Waals surface area contributed by atoms with Crippen LogP contribution in [0.2, 0.25) is 0 Å². The molecule has 6 heteroatoms. The number of hydrogen-bond donors (Lipinski definition) is 1. The third kappa shape index (κ3) is 3.39. The number of nitrogens with zero attached hydrogens (tertiary/aromatic N) is 4. The van der Waals surface area contributed by atoms with E-state index in [1.54, 1.807) is 35.2 Å². The Kier molecular flexibility index (Phi) is 4.31. The molecule has 1 atom stereocenters. The van der Waals surface area contributed by atoms with Crippen LogP contribution in [0.5, 0.6) is 0 Å². The van der Waals surface area contributed by atoms with E-state index >= 15 is 0 Å². The highest BCUT2D eigenvalue weighted by Gasteiger charge is 2.11. The number of halogens is 1. The summed E-state index contributed by atoms with van der Waals surface area (Å²) in [6.45, 7) is 2.12. The summed E-state index contributed by atoms with van der Waals surface area (Å²) in [5.74, 6) is 0.587. The number of anilines is 1. The zero-order chi connectivity index (χ0) is 17.9. The molecule has 3 aromatic heterocycles. The fourth-order valence-electron chi connectivity index (χ4n) is 2.96. The molecule has 4 rings (SSSR count). The fraction of sp³-hybridized carbons (Fsp3) is 0.150. The number of fused-ring (bicyclic) bond motifs is 1. The van der Waals surface area contributed by atoms with E-state index in [1.807, 2.05) is 24.3 Å². The maximum Gasteiger partial charge on any atom is 0.157 e. The minimum absolute atomic E-state index is 0.188. The SMILES string of the molecule is CC(Cc1ccncc1)Nc1cc(-c2ccc(F)cc2)nc2ccnn12. The molecule has 0 amide bonds. The van der Waals surface area contributed by atoms with Crippen molar-refractivity contribution in [1.82, 2.24) is 19.6 Å². The summed E-state index contributed by atoms with van der Waals surface area (Å²) in [6, 6.07) is 14.4. The van der Waals surface area contributed by atoms with Crippen molar-refractivity contribution in [2.75, 3.05) is 5.32 Å². The van der Waals surface area contributed by atoms with E-state index in [1.165, 1.54) is 17.7 Å². The van der Waals surface area contributed by atoms with Gasteiger partial charge in [0.1, 0.15) is 11.6 Å². The molecule has 130 valence electrons. The lowest BCUT2D eigenvalue weighted by Gasteiger charge is -2.17. The summed E-state index contributed by atoms with van der Waals surface area (Å²) in [5.41, 5.74) is 3.59. The van der Waals surface area contributed by atoms with Gasteiger partial charge < -0.3 is 5.32 Å². The molecule has 0 saturated heterocycles. The average Bonchev–Trinajstić information content (AvgIpc) is 3.12. The molecular formula is C20H18FN5. The van der Waals surface area contributed by atoms with Crippen molar-refractivity contribution in [2.24, 2.45) is 0 Å². The zero-order valence-corrected chi connectivity index (χ0v) is 14.3. The number of nitrogens with one attached hydrogen (secondary N) is 1. The Bertz CT molecular complexity index is 1010. The molecule has 0 aliphatic heterocycles. The largest absolute Gasteiger partial charge is 0.367 e. The van der Waals surface area contributed by atoms with Crippen LogP contribution in [0.25, 0.3) is 16.9 Å². The Morgan fingerprint density at radius 1 is 1.04 bits per heavy atom. The normalized spacial score (nSPS) is 12.2. The summed E-state index contributed by atoms with van der Waals surface area (Å²) in [6.07, 6.45) is 6.18. The fourth-order valence-corrected chi connectivity index (χ4v) is 2.96. The molecule has 0 fully saturated rings. The van der Waals surface area contributed by atoms with Gasteiger partial charge in [-0.1, -0.05) is 0 Å². The minimum atomic E-state index is -0.261. The van der Waals surface area contributed by atoms with Gasteiger partial charge in [0.15, 0.2) is 5.65 Å². The molecule has 0 radical (unpaired) electrons. The highest BCUT2D eigenvalue weighted by molar-refractivity contribution is 5.66. The zero-order valence-electron chi connectivity index (χ0n) is 14.3. The van der Waals surface area contributed by atoms with Gasteiger partial charge in [0.25, 0.3) is 0 Å². The van der Waals surface area contributed by atoms with Crippen LogP contribution >= 0.6 is 0 Å². The monoisotopic (exact) mass is 347 g/mol. The molecule has 5 nitrogen and oxygen atoms in total. The Morgan fingerprint density at radius 3 is 2.58 bits per heavy atom. The number of aromatic nitrogens is 4. The van der Waals surface area contributed by atoms with Crippen LogP contribution in [0.15, 0.2) is 67.1 Å². The van der Waals surface area contributed by atoms with E-state index in [0.29, 0.717) is 0 Å². The van der Waals surface area contributed by atoms with Gasteiger partial charge in [-0.25, -0.2) is 9.37 Å². The van der Waals surface area contributed by atoms with Gasteiger partial charge in [0.05, 0.1) is 11.9 Å². The highest BCUT2D eigenvalue weighted by atomic mass is 19.1. The summed E-state index contributed by atoms with van der Waals surface area (Å²) in [5, 5.41) is 7.86. The molecule has 0 saturated carbocycles. The van der Waals surface area contributed by atoms with Crippen LogP contribution in [0, 0.1) is 5.82 Å². The van der Waals surface area contributed by atoms with Gasteiger partial charge in [-0.2, -0.15) is 9.61 Å². The molecular weight excluding hydrogens is 329 g/mol. The van der Waals surface area contributed by atoms with Crippen LogP contribution < -0.4 is 5.32 Å². The van der Waals surface area contributed by atoms with Crippen molar-refractivity contribution in [3.05, 3.63) is 78.5 Å². The molecule has 3 heterocycles. The van der Waals surface area contributed by atoms with Crippen molar-refractivity contribution in [3.8, 4) is 11.3 Å². The first-order chi connectivity index (χ1) is 12.7. The van der Waals surface area contributed by atoms with E-state index in [9.17, 15) is 4.39 Å². The average molecular weight is 347 g/mol. The second-order valence-corrected chi connectivity index (χ2v) is 6.24. The van der Waals surface area contributed by atoms with Gasteiger partial charge in [-0.15, -0.1) is 0 Å². The first-order valence-electron chi connectivity index (χ1n) is 8.45. The lowest BCUT2D eigenvalue weighted by Crippen LogP contribution is -2.20. The highest BCUT2D eigenvalue weighted by Crippen LogP contribution is 2.23. The molecule has 1 N–H and O–H groups in total. The van der Waals surface area contributed by atoms with Gasteiger partial charge >= 0.3 is 0 Å². The second-order valence-electron chi connectivity index (χ2n) is 6.24. The van der Waals surface area contributed by atoms with E-state index < -0.39 is 0 Å². The Hall–Kier alpha value is -3.28. The van der Waals surface area contributed by atoms with Crippen molar-refractivity contribution >= 4 is 11.5 Å².